The Balaban J connectivity index is 1.40. The summed E-state index contributed by atoms with van der Waals surface area (Å²) in [6.45, 7) is 7.02. The van der Waals surface area contributed by atoms with Crippen molar-refractivity contribution in [1.29, 1.82) is 0 Å². The van der Waals surface area contributed by atoms with Crippen molar-refractivity contribution in [2.45, 2.75) is 26.2 Å². The quantitative estimate of drug-likeness (QED) is 0.184. The molecule has 4 heteroatoms. The zero-order valence-electron chi connectivity index (χ0n) is 24.9. The van der Waals surface area contributed by atoms with E-state index in [4.69, 9.17) is 4.74 Å². The normalized spacial score (nSPS) is 13.5. The minimum absolute atomic E-state index is 0.0381. The van der Waals surface area contributed by atoms with Crippen LogP contribution in [0.15, 0.2) is 121 Å². The van der Waals surface area contributed by atoms with Gasteiger partial charge in [-0.3, -0.25) is 0 Å². The maximum Gasteiger partial charge on any atom is 0.256 e. The molecule has 0 unspecified atom stereocenters. The number of hydrogen-bond acceptors (Lipinski definition) is 1. The van der Waals surface area contributed by atoms with Crippen molar-refractivity contribution in [3.63, 3.8) is 0 Å². The van der Waals surface area contributed by atoms with Gasteiger partial charge in [-0.15, -0.1) is 0 Å². The van der Waals surface area contributed by atoms with E-state index < -0.39 is 0 Å². The number of para-hydroxylation sites is 3. The molecule has 8 aromatic rings. The topological polar surface area (TPSA) is 19.1 Å². The van der Waals surface area contributed by atoms with Crippen LogP contribution in [-0.4, -0.2) is 15.8 Å². The van der Waals surface area contributed by atoms with E-state index in [1.165, 1.54) is 76.9 Å². The van der Waals surface area contributed by atoms with Crippen LogP contribution in [0.4, 0.5) is 0 Å². The lowest BCUT2D eigenvalue weighted by molar-refractivity contribution is 0.488. The fourth-order valence-corrected chi connectivity index (χ4v) is 7.91. The van der Waals surface area contributed by atoms with Crippen molar-refractivity contribution in [3.8, 4) is 22.9 Å². The zero-order chi connectivity index (χ0) is 29.3. The Hall–Kier alpha value is -5.22. The molecule has 0 fully saturated rings. The van der Waals surface area contributed by atoms with Crippen LogP contribution in [0, 0.1) is 0 Å². The second-order valence-corrected chi connectivity index (χ2v) is 13.4. The average Bonchev–Trinajstić information content (AvgIpc) is 3.55. The maximum absolute atomic E-state index is 6.63. The first kappa shape index (κ1) is 24.3. The Morgan fingerprint density at radius 3 is 2.16 bits per heavy atom. The highest BCUT2D eigenvalue weighted by molar-refractivity contribution is 6.99. The number of ether oxygens (including phenoxy) is 1. The number of fused-ring (bicyclic) bond motifs is 11. The Kier molecular flexibility index (Phi) is 4.54. The van der Waals surface area contributed by atoms with E-state index in [9.17, 15) is 0 Å². The molecular weight excluding hydrogens is 535 g/mol. The van der Waals surface area contributed by atoms with Gasteiger partial charge in [-0.1, -0.05) is 87.5 Å². The Labute approximate surface area is 256 Å². The number of benzene rings is 6. The van der Waals surface area contributed by atoms with E-state index in [-0.39, 0.29) is 12.1 Å². The molecule has 0 aliphatic carbocycles. The van der Waals surface area contributed by atoms with Crippen LogP contribution in [0.5, 0.6) is 11.5 Å². The molecule has 2 aromatic heterocycles. The summed E-state index contributed by atoms with van der Waals surface area (Å²) in [5.74, 6) is 1.91. The minimum Gasteiger partial charge on any atom is -0.458 e. The number of nitrogens with zero attached hydrogens (tertiary/aromatic N) is 2. The third-order valence-electron chi connectivity index (χ3n) is 9.92. The first-order valence-electron chi connectivity index (χ1n) is 15.5. The van der Waals surface area contributed by atoms with Crippen molar-refractivity contribution >= 4 is 66.7 Å². The highest BCUT2D eigenvalue weighted by atomic mass is 16.5. The number of aromatic nitrogens is 2. The van der Waals surface area contributed by atoms with E-state index in [1.54, 1.807) is 0 Å². The Morgan fingerprint density at radius 1 is 0.545 bits per heavy atom. The third-order valence-corrected chi connectivity index (χ3v) is 9.92. The zero-order valence-corrected chi connectivity index (χ0v) is 24.9. The molecule has 0 atom stereocenters. The summed E-state index contributed by atoms with van der Waals surface area (Å²) in [4.78, 5) is 0. The molecule has 0 N–H and O–H groups in total. The van der Waals surface area contributed by atoms with E-state index in [0.29, 0.717) is 0 Å². The van der Waals surface area contributed by atoms with Gasteiger partial charge in [0.25, 0.3) is 6.71 Å². The molecule has 10 rings (SSSR count). The van der Waals surface area contributed by atoms with Gasteiger partial charge < -0.3 is 13.9 Å². The molecule has 0 radical (unpaired) electrons. The second-order valence-electron chi connectivity index (χ2n) is 13.4. The van der Waals surface area contributed by atoms with Gasteiger partial charge in [-0.2, -0.15) is 0 Å². The number of rotatable bonds is 1. The van der Waals surface area contributed by atoms with Gasteiger partial charge in [0.15, 0.2) is 0 Å². The summed E-state index contributed by atoms with van der Waals surface area (Å²) in [5, 5.41) is 5.09. The molecule has 0 bridgehead atoms. The fraction of sp³-hybridized carbons (Fsp3) is 0.100. The predicted octanol–water partition coefficient (Wildman–Crippen LogP) is 8.11. The lowest BCUT2D eigenvalue weighted by Gasteiger charge is -2.34. The Morgan fingerprint density at radius 2 is 1.30 bits per heavy atom. The third kappa shape index (κ3) is 3.03. The van der Waals surface area contributed by atoms with Gasteiger partial charge >= 0.3 is 0 Å². The molecule has 2 aliphatic rings. The van der Waals surface area contributed by atoms with Crippen LogP contribution in [0.1, 0.15) is 26.3 Å². The van der Waals surface area contributed by atoms with Crippen LogP contribution in [0.3, 0.4) is 0 Å². The summed E-state index contributed by atoms with van der Waals surface area (Å²) < 4.78 is 11.6. The molecule has 0 spiro atoms. The van der Waals surface area contributed by atoms with Gasteiger partial charge in [0.05, 0.1) is 22.1 Å². The molecule has 6 aromatic carbocycles. The summed E-state index contributed by atoms with van der Waals surface area (Å²) >= 11 is 0. The van der Waals surface area contributed by atoms with E-state index in [2.05, 4.69) is 151 Å². The van der Waals surface area contributed by atoms with E-state index >= 15 is 0 Å². The van der Waals surface area contributed by atoms with Gasteiger partial charge in [0.2, 0.25) is 0 Å². The van der Waals surface area contributed by atoms with E-state index in [0.717, 1.165) is 11.5 Å². The van der Waals surface area contributed by atoms with Crippen LogP contribution in [-0.2, 0) is 5.41 Å². The summed E-state index contributed by atoms with van der Waals surface area (Å²) in [6, 6.07) is 44.6. The minimum atomic E-state index is 0.0381. The molecule has 208 valence electrons. The average molecular weight is 564 g/mol. The van der Waals surface area contributed by atoms with Crippen molar-refractivity contribution in [2.75, 3.05) is 0 Å². The smallest absolute Gasteiger partial charge is 0.256 e. The van der Waals surface area contributed by atoms with Crippen molar-refractivity contribution in [1.82, 2.24) is 9.13 Å². The SMILES string of the molecule is CC(C)(C)c1ccc2c(c1)B1c3ccccc3Oc3ccc4c5cc6c7ccccc7n(-c7ccccc7)c6cc5n-2c4c31. The summed E-state index contributed by atoms with van der Waals surface area (Å²) in [6.07, 6.45) is 0. The van der Waals surface area contributed by atoms with Crippen LogP contribution < -0.4 is 21.1 Å². The molecule has 3 nitrogen and oxygen atoms in total. The molecular formula is C40H29BN2O. The van der Waals surface area contributed by atoms with Crippen molar-refractivity contribution in [3.05, 3.63) is 127 Å². The number of hydrogen-bond donors (Lipinski definition) is 0. The molecule has 0 saturated heterocycles. The van der Waals surface area contributed by atoms with Crippen molar-refractivity contribution < 1.29 is 4.74 Å². The lowest BCUT2D eigenvalue weighted by Crippen LogP contribution is -2.58. The largest absolute Gasteiger partial charge is 0.458 e. The summed E-state index contributed by atoms with van der Waals surface area (Å²) in [7, 11) is 0. The van der Waals surface area contributed by atoms with Crippen LogP contribution >= 0.6 is 0 Å². The lowest BCUT2D eigenvalue weighted by atomic mass is 9.34. The van der Waals surface area contributed by atoms with Crippen molar-refractivity contribution in [2.24, 2.45) is 0 Å². The first-order valence-corrected chi connectivity index (χ1v) is 15.5. The molecule has 4 heterocycles. The van der Waals surface area contributed by atoms with Crippen LogP contribution in [0.25, 0.3) is 55.0 Å². The van der Waals surface area contributed by atoms with Gasteiger partial charge in [-0.05, 0) is 82.0 Å². The monoisotopic (exact) mass is 564 g/mol. The second kappa shape index (κ2) is 8.24. The molecule has 44 heavy (non-hydrogen) atoms. The van der Waals surface area contributed by atoms with E-state index in [1.807, 2.05) is 0 Å². The molecule has 0 amide bonds. The highest BCUT2D eigenvalue weighted by Gasteiger charge is 2.41. The maximum atomic E-state index is 6.63. The van der Waals surface area contributed by atoms with Gasteiger partial charge in [0, 0.05) is 32.9 Å². The first-order chi connectivity index (χ1) is 21.5. The highest BCUT2D eigenvalue weighted by Crippen LogP contribution is 2.42. The standard InChI is InChI=1S/C40H29BN2O/c1-40(2,3)24-17-19-33-31(21-24)41-30-14-8-10-16-36(30)44-37-20-18-27-29-22-28-26-13-7-9-15-32(26)42(25-11-5-4-6-12-25)34(28)23-35(29)43(33)39(27)38(37)41/h4-23H,1-3H3. The van der Waals surface area contributed by atoms with Gasteiger partial charge in [-0.25, -0.2) is 0 Å². The van der Waals surface area contributed by atoms with Gasteiger partial charge in [0.1, 0.15) is 11.5 Å². The Bertz CT molecular complexity index is 2510. The predicted molar refractivity (Wildman–Crippen MR) is 185 cm³/mol. The fourth-order valence-electron chi connectivity index (χ4n) is 7.91. The summed E-state index contributed by atoms with van der Waals surface area (Å²) in [5.41, 5.74) is 12.6. The molecule has 2 aliphatic heterocycles. The molecule has 0 saturated carbocycles. The van der Waals surface area contributed by atoms with Crippen LogP contribution in [0.2, 0.25) is 0 Å².